The largest absolute Gasteiger partial charge is 0.456 e. The van der Waals surface area contributed by atoms with Crippen molar-refractivity contribution in [1.82, 2.24) is 24.1 Å². The Bertz CT molecular complexity index is 4940. The van der Waals surface area contributed by atoms with Crippen LogP contribution in [-0.4, -0.2) is 24.1 Å². The van der Waals surface area contributed by atoms with Crippen LogP contribution >= 0.6 is 0 Å². The Hall–Kier alpha value is -9.85. The highest BCUT2D eigenvalue weighted by Gasteiger charge is 2.24. The summed E-state index contributed by atoms with van der Waals surface area (Å²) in [6, 6.07) is 79.2. The van der Waals surface area contributed by atoms with Crippen LogP contribution in [0.15, 0.2) is 233 Å². The van der Waals surface area contributed by atoms with Crippen LogP contribution in [0.25, 0.3) is 155 Å². The molecule has 5 heterocycles. The monoisotopic (exact) mass is 919 g/mol. The predicted octanol–water partition coefficient (Wildman–Crippen LogP) is 17.2. The zero-order chi connectivity index (χ0) is 47.0. The molecule has 11 aromatic carbocycles. The average Bonchev–Trinajstić information content (AvgIpc) is 4.19. The first-order valence-electron chi connectivity index (χ1n) is 24.2. The summed E-state index contributed by atoms with van der Waals surface area (Å²) >= 11 is 0. The fourth-order valence-corrected chi connectivity index (χ4v) is 11.5. The summed E-state index contributed by atoms with van der Waals surface area (Å²) < 4.78 is 18.0. The Morgan fingerprint density at radius 3 is 1.67 bits per heavy atom. The van der Waals surface area contributed by atoms with Gasteiger partial charge in [0.1, 0.15) is 22.3 Å². The van der Waals surface area contributed by atoms with E-state index in [0.717, 1.165) is 105 Å². The summed E-state index contributed by atoms with van der Waals surface area (Å²) in [6.45, 7) is 0. The molecule has 16 rings (SSSR count). The van der Waals surface area contributed by atoms with Gasteiger partial charge in [-0.15, -0.1) is 0 Å². The first kappa shape index (κ1) is 39.0. The molecule has 0 spiro atoms. The molecule has 0 bridgehead atoms. The fourth-order valence-electron chi connectivity index (χ4n) is 11.5. The molecule has 0 fully saturated rings. The van der Waals surface area contributed by atoms with Crippen molar-refractivity contribution in [3.63, 3.8) is 0 Å². The smallest absolute Gasteiger partial charge is 0.164 e. The number of aromatic nitrogens is 5. The van der Waals surface area contributed by atoms with Crippen molar-refractivity contribution in [3.8, 4) is 45.5 Å². The molecule has 7 nitrogen and oxygen atoms in total. The summed E-state index contributed by atoms with van der Waals surface area (Å²) in [5.74, 6) is 1.61. The van der Waals surface area contributed by atoms with E-state index in [4.69, 9.17) is 23.8 Å². The highest BCUT2D eigenvalue weighted by atomic mass is 16.3. The van der Waals surface area contributed by atoms with Gasteiger partial charge in [0, 0.05) is 60.1 Å². The van der Waals surface area contributed by atoms with E-state index in [1.165, 1.54) is 32.3 Å². The van der Waals surface area contributed by atoms with Crippen molar-refractivity contribution in [1.29, 1.82) is 0 Å². The molecule has 0 N–H and O–H groups in total. The van der Waals surface area contributed by atoms with Gasteiger partial charge in [-0.3, -0.25) is 0 Å². The van der Waals surface area contributed by atoms with Gasteiger partial charge in [0.2, 0.25) is 0 Å². The number of hydrogen-bond acceptors (Lipinski definition) is 5. The van der Waals surface area contributed by atoms with E-state index in [1.807, 2.05) is 30.3 Å². The second-order valence-electron chi connectivity index (χ2n) is 18.7. The molecule has 7 heteroatoms. The second kappa shape index (κ2) is 14.8. The fraction of sp³-hybridized carbons (Fsp3) is 0. The molecular weight excluding hydrogens is 883 g/mol. The zero-order valence-electron chi connectivity index (χ0n) is 38.4. The van der Waals surface area contributed by atoms with Gasteiger partial charge in [0.15, 0.2) is 17.5 Å². The van der Waals surface area contributed by atoms with E-state index < -0.39 is 0 Å². The lowest BCUT2D eigenvalue weighted by Gasteiger charge is -2.14. The Balaban J connectivity index is 0.984. The van der Waals surface area contributed by atoms with Crippen molar-refractivity contribution < 1.29 is 8.83 Å². The Labute approximate surface area is 410 Å². The summed E-state index contributed by atoms with van der Waals surface area (Å²) in [6.07, 6.45) is 0. The summed E-state index contributed by atoms with van der Waals surface area (Å²) in [5.41, 5.74) is 12.1. The maximum atomic E-state index is 6.85. The first-order chi connectivity index (χ1) is 35.7. The predicted molar refractivity (Wildman–Crippen MR) is 294 cm³/mol. The van der Waals surface area contributed by atoms with Crippen LogP contribution in [0.1, 0.15) is 0 Å². The molecule has 0 aliphatic heterocycles. The van der Waals surface area contributed by atoms with E-state index >= 15 is 0 Å². The maximum Gasteiger partial charge on any atom is 0.164 e. The van der Waals surface area contributed by atoms with Gasteiger partial charge in [-0.05, 0) is 113 Å². The molecular formula is C65H37N5O2. The highest BCUT2D eigenvalue weighted by molar-refractivity contribution is 6.24. The number of rotatable bonds is 5. The SMILES string of the molecule is c1ccc(-n2c3ccccc3c3cc(-c4nc(-c5ccc6c(c5)oc5ccccc56)nc(-c5cc(-n6c7cc8ccccc8cc7c7c8ccccc8ccc76)c6c(c5)oc5ccccc56)n4)ccc32)cc1. The van der Waals surface area contributed by atoms with E-state index in [1.54, 1.807) is 0 Å². The minimum atomic E-state index is 0.520. The standard InChI is InChI=1S/C65H37N5O2/c1-2-17-44(18-3-1)69-52-23-11-8-20-46(52)50-33-41(28-30-53(50)69)63-66-64(42-26-29-48-47-21-9-12-24-57(47)71-59(48)36-42)68-65(67-63)43-35-56(62-49-22-10-13-25-58(49)72-60(62)37-43)70-54-31-27-38-14-6-7-19-45(38)61(54)51-32-39-15-4-5-16-40(39)34-55(51)70/h1-37H. The third-order valence-electron chi connectivity index (χ3n) is 14.7. The number of nitrogens with zero attached hydrogens (tertiary/aromatic N) is 5. The lowest BCUT2D eigenvalue weighted by Crippen LogP contribution is -2.02. The quantitative estimate of drug-likeness (QED) is 0.172. The minimum Gasteiger partial charge on any atom is -0.456 e. The molecule has 0 radical (unpaired) electrons. The van der Waals surface area contributed by atoms with Crippen LogP contribution in [0.3, 0.4) is 0 Å². The normalized spacial score (nSPS) is 12.2. The Morgan fingerprint density at radius 1 is 0.278 bits per heavy atom. The van der Waals surface area contributed by atoms with Gasteiger partial charge in [-0.2, -0.15) is 0 Å². The number of fused-ring (bicyclic) bond motifs is 15. The number of para-hydroxylation sites is 4. The van der Waals surface area contributed by atoms with E-state index in [2.05, 4.69) is 203 Å². The van der Waals surface area contributed by atoms with Crippen molar-refractivity contribution in [2.75, 3.05) is 0 Å². The van der Waals surface area contributed by atoms with Gasteiger partial charge in [0.05, 0.1) is 33.1 Å². The van der Waals surface area contributed by atoms with Crippen LogP contribution in [0.2, 0.25) is 0 Å². The van der Waals surface area contributed by atoms with Crippen molar-refractivity contribution in [2.45, 2.75) is 0 Å². The van der Waals surface area contributed by atoms with Crippen molar-refractivity contribution >= 4 is 109 Å². The molecule has 0 aliphatic carbocycles. The average molecular weight is 920 g/mol. The van der Waals surface area contributed by atoms with Crippen molar-refractivity contribution in [2.24, 2.45) is 0 Å². The van der Waals surface area contributed by atoms with Crippen LogP contribution in [-0.2, 0) is 0 Å². The van der Waals surface area contributed by atoms with Crippen LogP contribution < -0.4 is 0 Å². The Kier molecular flexibility index (Phi) is 8.04. The zero-order valence-corrected chi connectivity index (χ0v) is 38.4. The molecule has 5 aromatic heterocycles. The van der Waals surface area contributed by atoms with Gasteiger partial charge in [0.25, 0.3) is 0 Å². The molecule has 334 valence electrons. The third kappa shape index (κ3) is 5.70. The molecule has 0 saturated carbocycles. The third-order valence-corrected chi connectivity index (χ3v) is 14.7. The number of benzene rings is 11. The number of furan rings is 2. The van der Waals surface area contributed by atoms with Gasteiger partial charge in [-0.1, -0.05) is 133 Å². The first-order valence-corrected chi connectivity index (χ1v) is 24.2. The van der Waals surface area contributed by atoms with Gasteiger partial charge < -0.3 is 18.0 Å². The van der Waals surface area contributed by atoms with E-state index in [-0.39, 0.29) is 0 Å². The van der Waals surface area contributed by atoms with Crippen LogP contribution in [0.5, 0.6) is 0 Å². The highest BCUT2D eigenvalue weighted by Crippen LogP contribution is 2.44. The maximum absolute atomic E-state index is 6.85. The molecule has 16 aromatic rings. The Morgan fingerprint density at radius 2 is 0.847 bits per heavy atom. The lowest BCUT2D eigenvalue weighted by molar-refractivity contribution is 0.668. The van der Waals surface area contributed by atoms with E-state index in [9.17, 15) is 0 Å². The summed E-state index contributed by atoms with van der Waals surface area (Å²) in [4.78, 5) is 16.1. The summed E-state index contributed by atoms with van der Waals surface area (Å²) in [5, 5.41) is 13.5. The second-order valence-corrected chi connectivity index (χ2v) is 18.7. The van der Waals surface area contributed by atoms with E-state index in [0.29, 0.717) is 17.5 Å². The topological polar surface area (TPSA) is 74.8 Å². The molecule has 0 aliphatic rings. The van der Waals surface area contributed by atoms with Crippen LogP contribution in [0.4, 0.5) is 0 Å². The molecule has 0 saturated heterocycles. The number of hydrogen-bond donors (Lipinski definition) is 0. The lowest BCUT2D eigenvalue weighted by atomic mass is 10.0. The molecule has 0 amide bonds. The molecule has 0 unspecified atom stereocenters. The van der Waals surface area contributed by atoms with Crippen molar-refractivity contribution in [3.05, 3.63) is 224 Å². The van der Waals surface area contributed by atoms with Crippen LogP contribution in [0, 0.1) is 0 Å². The van der Waals surface area contributed by atoms with Gasteiger partial charge in [-0.25, -0.2) is 15.0 Å². The minimum absolute atomic E-state index is 0.520. The molecule has 72 heavy (non-hydrogen) atoms. The summed E-state index contributed by atoms with van der Waals surface area (Å²) in [7, 11) is 0. The molecule has 0 atom stereocenters. The van der Waals surface area contributed by atoms with Gasteiger partial charge >= 0.3 is 0 Å².